The molecule has 2 N–H and O–H groups in total. The van der Waals surface area contributed by atoms with Crippen molar-refractivity contribution in [3.8, 4) is 0 Å². The van der Waals surface area contributed by atoms with Crippen molar-refractivity contribution >= 4 is 28.5 Å². The van der Waals surface area contributed by atoms with Crippen LogP contribution in [0.4, 0.5) is 0 Å². The number of likely N-dealkylation sites (tertiary alicyclic amines) is 1. The van der Waals surface area contributed by atoms with E-state index in [0.717, 1.165) is 38.9 Å². The molecule has 1 fully saturated rings. The molecule has 0 radical (unpaired) electrons. The van der Waals surface area contributed by atoms with Crippen LogP contribution in [-0.4, -0.2) is 34.4 Å². The normalized spacial score (nSPS) is 22.4. The third-order valence-electron chi connectivity index (χ3n) is 3.32. The largest absolute Gasteiger partial charge is 0.342 e. The molecule has 0 spiro atoms. The summed E-state index contributed by atoms with van der Waals surface area (Å²) in [5.74, 6) is 1.05. The lowest BCUT2D eigenvalue weighted by molar-refractivity contribution is -0.130. The van der Waals surface area contributed by atoms with Crippen LogP contribution in [0.25, 0.3) is 0 Å². The SMILES string of the molecule is C[C@@H](I)[C@H]1CCN(C(=O)CCCCCN)C1. The van der Waals surface area contributed by atoms with Crippen LogP contribution >= 0.6 is 22.6 Å². The fourth-order valence-corrected chi connectivity index (χ4v) is 2.73. The summed E-state index contributed by atoms with van der Waals surface area (Å²) in [6.07, 6.45) is 5.01. The van der Waals surface area contributed by atoms with Crippen LogP contribution in [0.15, 0.2) is 0 Å². The van der Waals surface area contributed by atoms with E-state index in [0.29, 0.717) is 22.2 Å². The number of nitrogens with zero attached hydrogens (tertiary/aromatic N) is 1. The van der Waals surface area contributed by atoms with Crippen molar-refractivity contribution in [1.29, 1.82) is 0 Å². The van der Waals surface area contributed by atoms with Gasteiger partial charge in [-0.2, -0.15) is 0 Å². The molecule has 1 amide bonds. The summed E-state index contributed by atoms with van der Waals surface area (Å²) >= 11 is 2.47. The Morgan fingerprint density at radius 1 is 1.50 bits per heavy atom. The maximum atomic E-state index is 11.9. The average Bonchev–Trinajstić information content (AvgIpc) is 2.73. The first-order valence-corrected chi connectivity index (χ1v) is 7.51. The van der Waals surface area contributed by atoms with Gasteiger partial charge in [0.25, 0.3) is 0 Å². The maximum absolute atomic E-state index is 11.9. The molecular formula is C12H23IN2O. The van der Waals surface area contributed by atoms with E-state index in [-0.39, 0.29) is 0 Å². The van der Waals surface area contributed by atoms with Gasteiger partial charge < -0.3 is 10.6 Å². The quantitative estimate of drug-likeness (QED) is 0.458. The van der Waals surface area contributed by atoms with Crippen LogP contribution in [0.2, 0.25) is 0 Å². The van der Waals surface area contributed by atoms with Gasteiger partial charge in [0.15, 0.2) is 0 Å². The van der Waals surface area contributed by atoms with E-state index in [4.69, 9.17) is 5.73 Å². The Labute approximate surface area is 112 Å². The van der Waals surface area contributed by atoms with Gasteiger partial charge in [0.2, 0.25) is 5.91 Å². The van der Waals surface area contributed by atoms with Gasteiger partial charge in [0.1, 0.15) is 0 Å². The Bertz CT molecular complexity index is 221. The molecule has 1 rings (SSSR count). The molecule has 3 nitrogen and oxygen atoms in total. The molecule has 0 saturated carbocycles. The lowest BCUT2D eigenvalue weighted by Gasteiger charge is -2.17. The molecule has 0 unspecified atom stereocenters. The summed E-state index contributed by atoms with van der Waals surface area (Å²) < 4.78 is 0.674. The van der Waals surface area contributed by atoms with E-state index in [2.05, 4.69) is 29.5 Å². The van der Waals surface area contributed by atoms with Gasteiger partial charge in [-0.25, -0.2) is 0 Å². The molecule has 0 aromatic carbocycles. The summed E-state index contributed by atoms with van der Waals surface area (Å²) in [6, 6.07) is 0. The third-order valence-corrected chi connectivity index (χ3v) is 4.34. The van der Waals surface area contributed by atoms with Crippen LogP contribution in [0, 0.1) is 5.92 Å². The molecule has 2 atom stereocenters. The predicted molar refractivity (Wildman–Crippen MR) is 75.7 cm³/mol. The number of rotatable bonds is 6. The van der Waals surface area contributed by atoms with Crippen molar-refractivity contribution < 1.29 is 4.79 Å². The zero-order valence-electron chi connectivity index (χ0n) is 10.1. The molecule has 1 heterocycles. The monoisotopic (exact) mass is 338 g/mol. The first-order valence-electron chi connectivity index (χ1n) is 6.27. The lowest BCUT2D eigenvalue weighted by Crippen LogP contribution is -2.29. The number of hydrogen-bond acceptors (Lipinski definition) is 2. The maximum Gasteiger partial charge on any atom is 0.222 e. The minimum absolute atomic E-state index is 0.344. The van der Waals surface area contributed by atoms with E-state index in [1.54, 1.807) is 0 Å². The molecule has 16 heavy (non-hydrogen) atoms. The van der Waals surface area contributed by atoms with Gasteiger partial charge in [-0.15, -0.1) is 0 Å². The van der Waals surface area contributed by atoms with Crippen molar-refractivity contribution in [2.24, 2.45) is 11.7 Å². The number of hydrogen-bond donors (Lipinski definition) is 1. The fourth-order valence-electron chi connectivity index (χ4n) is 2.14. The van der Waals surface area contributed by atoms with Crippen molar-refractivity contribution in [2.45, 2.75) is 43.0 Å². The number of alkyl halides is 1. The van der Waals surface area contributed by atoms with E-state index in [9.17, 15) is 4.79 Å². The van der Waals surface area contributed by atoms with Gasteiger partial charge in [0.05, 0.1) is 0 Å². The highest BCUT2D eigenvalue weighted by Crippen LogP contribution is 2.25. The molecule has 0 aromatic rings. The summed E-state index contributed by atoms with van der Waals surface area (Å²) in [4.78, 5) is 13.9. The highest BCUT2D eigenvalue weighted by atomic mass is 127. The van der Waals surface area contributed by atoms with Crippen LogP contribution in [0.1, 0.15) is 39.0 Å². The van der Waals surface area contributed by atoms with Crippen LogP contribution in [0.5, 0.6) is 0 Å². The Kier molecular flexibility index (Phi) is 6.65. The van der Waals surface area contributed by atoms with E-state index >= 15 is 0 Å². The molecule has 1 aliphatic heterocycles. The zero-order valence-corrected chi connectivity index (χ0v) is 12.3. The van der Waals surface area contributed by atoms with E-state index in [1.807, 2.05) is 4.90 Å². The molecular weight excluding hydrogens is 315 g/mol. The van der Waals surface area contributed by atoms with Crippen molar-refractivity contribution in [2.75, 3.05) is 19.6 Å². The molecule has 94 valence electrons. The standard InChI is InChI=1S/C12H23IN2O/c1-10(13)11-6-8-15(9-11)12(16)5-3-2-4-7-14/h10-11H,2-9,14H2,1H3/t10-,11+/m1/s1. The predicted octanol–water partition coefficient (Wildman–Crippen LogP) is 2.18. The Balaban J connectivity index is 2.18. The Morgan fingerprint density at radius 3 is 2.81 bits per heavy atom. The van der Waals surface area contributed by atoms with Gasteiger partial charge in [-0.05, 0) is 31.7 Å². The molecule has 1 aliphatic rings. The molecule has 1 saturated heterocycles. The van der Waals surface area contributed by atoms with Gasteiger partial charge in [-0.1, -0.05) is 35.9 Å². The summed E-state index contributed by atoms with van der Waals surface area (Å²) in [7, 11) is 0. The number of nitrogens with two attached hydrogens (primary N) is 1. The Morgan fingerprint density at radius 2 is 2.25 bits per heavy atom. The first-order chi connectivity index (χ1) is 7.65. The topological polar surface area (TPSA) is 46.3 Å². The second kappa shape index (κ2) is 7.48. The highest BCUT2D eigenvalue weighted by molar-refractivity contribution is 14.1. The molecule has 4 heteroatoms. The number of carbonyl (C=O) groups excluding carboxylic acids is 1. The molecule has 0 bridgehead atoms. The van der Waals surface area contributed by atoms with E-state index in [1.165, 1.54) is 6.42 Å². The number of unbranched alkanes of at least 4 members (excludes halogenated alkanes) is 2. The van der Waals surface area contributed by atoms with Crippen molar-refractivity contribution in [1.82, 2.24) is 4.90 Å². The minimum Gasteiger partial charge on any atom is -0.342 e. The van der Waals surface area contributed by atoms with Gasteiger partial charge in [-0.3, -0.25) is 4.79 Å². The van der Waals surface area contributed by atoms with Gasteiger partial charge in [0, 0.05) is 23.4 Å². The Hall–Kier alpha value is 0.160. The zero-order chi connectivity index (χ0) is 12.0. The van der Waals surface area contributed by atoms with Crippen molar-refractivity contribution in [3.63, 3.8) is 0 Å². The second-order valence-electron chi connectivity index (χ2n) is 4.67. The smallest absolute Gasteiger partial charge is 0.222 e. The van der Waals surface area contributed by atoms with Crippen LogP contribution in [-0.2, 0) is 4.79 Å². The van der Waals surface area contributed by atoms with Crippen LogP contribution in [0.3, 0.4) is 0 Å². The average molecular weight is 338 g/mol. The van der Waals surface area contributed by atoms with Crippen LogP contribution < -0.4 is 5.73 Å². The summed E-state index contributed by atoms with van der Waals surface area (Å²) in [5, 5.41) is 0. The summed E-state index contributed by atoms with van der Waals surface area (Å²) in [6.45, 7) is 4.92. The lowest BCUT2D eigenvalue weighted by atomic mass is 10.1. The highest BCUT2D eigenvalue weighted by Gasteiger charge is 2.28. The summed E-state index contributed by atoms with van der Waals surface area (Å²) in [5.41, 5.74) is 5.42. The fraction of sp³-hybridized carbons (Fsp3) is 0.917. The minimum atomic E-state index is 0.344. The second-order valence-corrected chi connectivity index (χ2v) is 6.63. The molecule has 0 aliphatic carbocycles. The van der Waals surface area contributed by atoms with Crippen molar-refractivity contribution in [3.05, 3.63) is 0 Å². The number of carbonyl (C=O) groups is 1. The number of amides is 1. The van der Waals surface area contributed by atoms with Gasteiger partial charge >= 0.3 is 0 Å². The van der Waals surface area contributed by atoms with E-state index < -0.39 is 0 Å². The first kappa shape index (κ1) is 14.2. The molecule has 0 aromatic heterocycles. The number of halogens is 1. The third kappa shape index (κ3) is 4.57.